The number of anilines is 3. The molecule has 3 rings (SSSR count). The second kappa shape index (κ2) is 10.3. The van der Waals surface area contributed by atoms with Gasteiger partial charge in [-0.2, -0.15) is 0 Å². The molecule has 9 heteroatoms. The van der Waals surface area contributed by atoms with E-state index in [9.17, 15) is 18.4 Å². The molecule has 3 N–H and O–H groups in total. The number of ketones is 1. The highest BCUT2D eigenvalue weighted by molar-refractivity contribution is 6.41. The zero-order valence-corrected chi connectivity index (χ0v) is 20.1. The molecule has 1 fully saturated rings. The minimum Gasteiger partial charge on any atom is -0.396 e. The van der Waals surface area contributed by atoms with Crippen molar-refractivity contribution in [3.8, 4) is 0 Å². The molecule has 1 amide bonds. The summed E-state index contributed by atoms with van der Waals surface area (Å²) in [4.78, 5) is 26.7. The highest BCUT2D eigenvalue weighted by Crippen LogP contribution is 2.44. The second-order valence-corrected chi connectivity index (χ2v) is 9.15. The lowest BCUT2D eigenvalue weighted by atomic mass is 9.92. The number of alkyl halides is 2. The van der Waals surface area contributed by atoms with Crippen molar-refractivity contribution in [1.29, 1.82) is 0 Å². The number of halogens is 4. The number of carbonyl (C=O) groups is 2. The molecular weight excluding hydrogens is 471 g/mol. The Labute approximate surface area is 202 Å². The van der Waals surface area contributed by atoms with Gasteiger partial charge in [-0.25, -0.2) is 8.78 Å². The molecule has 0 radical (unpaired) electrons. The Hall–Kier alpha value is -2.38. The third kappa shape index (κ3) is 5.95. The third-order valence-electron chi connectivity index (χ3n) is 5.90. The van der Waals surface area contributed by atoms with Gasteiger partial charge >= 0.3 is 0 Å². The summed E-state index contributed by atoms with van der Waals surface area (Å²) in [5.41, 5.74) is 8.69. The fourth-order valence-electron chi connectivity index (χ4n) is 3.93. The Morgan fingerprint density at radius 2 is 1.79 bits per heavy atom. The van der Waals surface area contributed by atoms with Gasteiger partial charge in [-0.3, -0.25) is 9.59 Å². The summed E-state index contributed by atoms with van der Waals surface area (Å²) in [5, 5.41) is 3.04. The van der Waals surface area contributed by atoms with E-state index in [4.69, 9.17) is 28.9 Å². The summed E-state index contributed by atoms with van der Waals surface area (Å²) in [6, 6.07) is 8.99. The predicted molar refractivity (Wildman–Crippen MR) is 130 cm³/mol. The summed E-state index contributed by atoms with van der Waals surface area (Å²) < 4.78 is 27.1. The minimum absolute atomic E-state index is 0.0265. The van der Waals surface area contributed by atoms with Gasteiger partial charge in [0.15, 0.2) is 0 Å². The maximum atomic E-state index is 13.5. The van der Waals surface area contributed by atoms with Crippen LogP contribution in [0, 0.1) is 0 Å². The zero-order valence-electron chi connectivity index (χ0n) is 18.6. The van der Waals surface area contributed by atoms with Crippen LogP contribution >= 0.6 is 23.2 Å². The first-order valence-corrected chi connectivity index (χ1v) is 11.6. The lowest BCUT2D eigenvalue weighted by Gasteiger charge is -2.34. The highest BCUT2D eigenvalue weighted by atomic mass is 35.5. The number of hydrogen-bond acceptors (Lipinski definition) is 4. The summed E-state index contributed by atoms with van der Waals surface area (Å²) in [7, 11) is 0. The number of amides is 1. The fraction of sp³-hybridized carbons (Fsp3) is 0.417. The third-order valence-corrected chi connectivity index (χ3v) is 6.57. The Morgan fingerprint density at radius 1 is 1.18 bits per heavy atom. The molecule has 1 heterocycles. The first-order chi connectivity index (χ1) is 15.5. The number of hydrogen-bond donors (Lipinski definition) is 2. The van der Waals surface area contributed by atoms with E-state index in [0.717, 1.165) is 12.0 Å². The number of Topliss-reactive ketones (excluding diaryl/α,β-unsaturated/α-hetero) is 1. The normalized spacial score (nSPS) is 16.4. The van der Waals surface area contributed by atoms with Gasteiger partial charge in [0.05, 0.1) is 33.0 Å². The van der Waals surface area contributed by atoms with Crippen LogP contribution in [-0.2, 0) is 16.0 Å². The number of piperidine rings is 1. The lowest BCUT2D eigenvalue weighted by molar-refractivity contribution is -0.123. The largest absolute Gasteiger partial charge is 0.396 e. The first kappa shape index (κ1) is 25.2. The molecule has 2 aromatic rings. The molecule has 1 aliphatic heterocycles. The molecular formula is C24H27Cl2F2N3O2. The number of nitrogen functional groups attached to an aromatic ring is 1. The molecule has 0 bridgehead atoms. The van der Waals surface area contributed by atoms with Crippen molar-refractivity contribution in [3.63, 3.8) is 0 Å². The Kier molecular flexibility index (Phi) is 7.85. The average Bonchev–Trinajstić information content (AvgIpc) is 2.76. The molecule has 5 nitrogen and oxygen atoms in total. The molecule has 1 saturated heterocycles. The maximum Gasteiger partial charge on any atom is 0.251 e. The van der Waals surface area contributed by atoms with Crippen LogP contribution in [0.4, 0.5) is 25.8 Å². The topological polar surface area (TPSA) is 75.4 Å². The number of aryl methyl sites for hydroxylation is 1. The van der Waals surface area contributed by atoms with Crippen molar-refractivity contribution >= 4 is 52.0 Å². The molecule has 0 aromatic heterocycles. The van der Waals surface area contributed by atoms with E-state index < -0.39 is 17.7 Å². The number of benzene rings is 2. The molecule has 178 valence electrons. The van der Waals surface area contributed by atoms with E-state index in [-0.39, 0.29) is 59.6 Å². The van der Waals surface area contributed by atoms with Gasteiger partial charge in [0.1, 0.15) is 5.78 Å². The van der Waals surface area contributed by atoms with E-state index in [0.29, 0.717) is 11.3 Å². The number of nitrogens with one attached hydrogen (secondary N) is 1. The first-order valence-electron chi connectivity index (χ1n) is 10.8. The minimum atomic E-state index is -2.71. The van der Waals surface area contributed by atoms with E-state index in [1.165, 1.54) is 13.0 Å². The smallest absolute Gasteiger partial charge is 0.251 e. The standard InChI is InChI=1S/C24H27Cl2F2N3O2/c1-3-15-4-6-16(7-5-15)17(12-14(2)32)23(33)30-19-13-18(25)22(20(26)21(19)29)31-10-8-24(27,28)9-11-31/h4-7,13,17H,3,8-12,29H2,1-2H3,(H,30,33). The second-order valence-electron chi connectivity index (χ2n) is 8.37. The van der Waals surface area contributed by atoms with Crippen molar-refractivity contribution in [2.75, 3.05) is 29.0 Å². The molecule has 2 aromatic carbocycles. The fourth-order valence-corrected chi connectivity index (χ4v) is 4.62. The van der Waals surface area contributed by atoms with Gasteiger partial charge in [0.25, 0.3) is 5.92 Å². The molecule has 1 unspecified atom stereocenters. The van der Waals surface area contributed by atoms with Gasteiger partial charge in [-0.05, 0) is 30.5 Å². The van der Waals surface area contributed by atoms with Crippen LogP contribution in [0.5, 0.6) is 0 Å². The predicted octanol–water partition coefficient (Wildman–Crippen LogP) is 6.07. The summed E-state index contributed by atoms with van der Waals surface area (Å²) in [6.07, 6.45) is 0.278. The van der Waals surface area contributed by atoms with Crippen LogP contribution in [0.3, 0.4) is 0 Å². The number of carbonyl (C=O) groups excluding carboxylic acids is 2. The van der Waals surface area contributed by atoms with Crippen LogP contribution < -0.4 is 16.0 Å². The Bertz CT molecular complexity index is 1030. The van der Waals surface area contributed by atoms with Crippen molar-refractivity contribution in [1.82, 2.24) is 0 Å². The van der Waals surface area contributed by atoms with E-state index in [2.05, 4.69) is 5.32 Å². The van der Waals surface area contributed by atoms with E-state index in [1.54, 1.807) is 4.90 Å². The van der Waals surface area contributed by atoms with Gasteiger partial charge in [0.2, 0.25) is 5.91 Å². The lowest BCUT2D eigenvalue weighted by Crippen LogP contribution is -2.39. The van der Waals surface area contributed by atoms with E-state index >= 15 is 0 Å². The van der Waals surface area contributed by atoms with Gasteiger partial charge in [-0.1, -0.05) is 54.4 Å². The quantitative estimate of drug-likeness (QED) is 0.454. The van der Waals surface area contributed by atoms with Crippen LogP contribution in [-0.4, -0.2) is 30.7 Å². The van der Waals surface area contributed by atoms with Crippen molar-refractivity contribution in [2.24, 2.45) is 0 Å². The highest BCUT2D eigenvalue weighted by Gasteiger charge is 2.35. The molecule has 33 heavy (non-hydrogen) atoms. The molecule has 1 atom stereocenters. The Balaban J connectivity index is 1.86. The molecule has 0 saturated carbocycles. The van der Waals surface area contributed by atoms with Crippen molar-refractivity contribution in [2.45, 2.75) is 51.4 Å². The molecule has 0 aliphatic carbocycles. The summed E-state index contributed by atoms with van der Waals surface area (Å²) in [6.45, 7) is 3.64. The summed E-state index contributed by atoms with van der Waals surface area (Å²) >= 11 is 12.9. The maximum absolute atomic E-state index is 13.5. The van der Waals surface area contributed by atoms with Crippen LogP contribution in [0.1, 0.15) is 50.2 Å². The number of rotatable bonds is 7. The zero-order chi connectivity index (χ0) is 24.3. The molecule has 0 spiro atoms. The Morgan fingerprint density at radius 3 is 2.33 bits per heavy atom. The number of nitrogens with two attached hydrogens (primary N) is 1. The molecule has 1 aliphatic rings. The average molecular weight is 498 g/mol. The van der Waals surface area contributed by atoms with Gasteiger partial charge in [0, 0.05) is 32.4 Å². The summed E-state index contributed by atoms with van der Waals surface area (Å²) in [5.74, 6) is -3.97. The van der Waals surface area contributed by atoms with Crippen LogP contribution in [0.15, 0.2) is 30.3 Å². The van der Waals surface area contributed by atoms with E-state index in [1.807, 2.05) is 31.2 Å². The van der Waals surface area contributed by atoms with Crippen LogP contribution in [0.25, 0.3) is 0 Å². The van der Waals surface area contributed by atoms with Crippen molar-refractivity contribution in [3.05, 3.63) is 51.5 Å². The van der Waals surface area contributed by atoms with Gasteiger partial charge < -0.3 is 16.0 Å². The van der Waals surface area contributed by atoms with Crippen LogP contribution in [0.2, 0.25) is 10.0 Å². The number of nitrogens with zero attached hydrogens (tertiary/aromatic N) is 1. The SMILES string of the molecule is CCc1ccc(C(CC(C)=O)C(=O)Nc2cc(Cl)c(N3CCC(F)(F)CC3)c(Cl)c2N)cc1. The van der Waals surface area contributed by atoms with Gasteiger partial charge in [-0.15, -0.1) is 0 Å². The monoisotopic (exact) mass is 497 g/mol. The van der Waals surface area contributed by atoms with Crippen molar-refractivity contribution < 1.29 is 18.4 Å².